The molecule has 0 atom stereocenters. The summed E-state index contributed by atoms with van der Waals surface area (Å²) in [6, 6.07) is 0. The first-order valence-electron chi connectivity index (χ1n) is 17.7. The molecule has 0 aliphatic heterocycles. The van der Waals surface area contributed by atoms with Crippen LogP contribution in [-0.4, -0.2) is 51.2 Å². The fraction of sp³-hybridized carbons (Fsp3) is 1.00. The van der Waals surface area contributed by atoms with Gasteiger partial charge in [-0.3, -0.25) is 0 Å². The molecule has 0 unspecified atom stereocenters. The topological polar surface area (TPSA) is 52.6 Å². The maximum absolute atomic E-state index is 11.9. The third-order valence-electron chi connectivity index (χ3n) is 7.95. The smallest absolute Gasteiger partial charge is 0.248 e. The minimum absolute atomic E-state index is 0. The molecule has 0 saturated heterocycles. The fourth-order valence-electron chi connectivity index (χ4n) is 5.30. The van der Waals surface area contributed by atoms with Crippen LogP contribution in [0.15, 0.2) is 0 Å². The van der Waals surface area contributed by atoms with Crippen LogP contribution in [0.4, 0.5) is 0 Å². The van der Waals surface area contributed by atoms with Crippen LogP contribution in [-0.2, 0) is 18.8 Å². The SMILES string of the molecule is CCCCCCCCCCCCCCCCCCOS(=O)(=O)OCCCCCCCCCCCCCCCC.[Na]. The first-order valence-corrected chi connectivity index (χ1v) is 19.0. The number of unbranched alkanes of at least 4 members (excludes halogenated alkanes) is 28. The Kier molecular flexibility index (Phi) is 38.8. The van der Waals surface area contributed by atoms with E-state index < -0.39 is 10.4 Å². The summed E-state index contributed by atoms with van der Waals surface area (Å²) in [5.74, 6) is 0. The zero-order chi connectivity index (χ0) is 28.5. The van der Waals surface area contributed by atoms with Crippen molar-refractivity contribution in [1.29, 1.82) is 0 Å². The number of rotatable bonds is 34. The first-order chi connectivity index (χ1) is 19.1. The molecule has 1 radical (unpaired) electrons. The Morgan fingerprint density at radius 2 is 0.500 bits per heavy atom. The molecular formula is C34H70NaO4S. The average molecular weight is 598 g/mol. The summed E-state index contributed by atoms with van der Waals surface area (Å²) in [5.41, 5.74) is 0. The van der Waals surface area contributed by atoms with Crippen LogP contribution in [0.5, 0.6) is 0 Å². The maximum atomic E-state index is 11.9. The largest absolute Gasteiger partial charge is 0.399 e. The van der Waals surface area contributed by atoms with E-state index >= 15 is 0 Å². The molecule has 0 bridgehead atoms. The summed E-state index contributed by atoms with van der Waals surface area (Å²) in [7, 11) is -3.82. The maximum Gasteiger partial charge on any atom is 0.399 e. The molecule has 0 aliphatic carbocycles. The molecule has 237 valence electrons. The Morgan fingerprint density at radius 3 is 0.700 bits per heavy atom. The van der Waals surface area contributed by atoms with Crippen LogP contribution < -0.4 is 0 Å². The van der Waals surface area contributed by atoms with Crippen molar-refractivity contribution in [2.24, 2.45) is 0 Å². The van der Waals surface area contributed by atoms with E-state index in [1.165, 1.54) is 167 Å². The van der Waals surface area contributed by atoms with Gasteiger partial charge in [0.1, 0.15) is 0 Å². The van der Waals surface area contributed by atoms with Crippen molar-refractivity contribution in [2.75, 3.05) is 13.2 Å². The van der Waals surface area contributed by atoms with Gasteiger partial charge in [0.2, 0.25) is 0 Å². The van der Waals surface area contributed by atoms with Gasteiger partial charge in [-0.1, -0.05) is 194 Å². The van der Waals surface area contributed by atoms with E-state index in [2.05, 4.69) is 13.8 Å². The second kappa shape index (κ2) is 36.1. The van der Waals surface area contributed by atoms with Crippen molar-refractivity contribution < 1.29 is 16.8 Å². The van der Waals surface area contributed by atoms with Gasteiger partial charge in [0.15, 0.2) is 0 Å². The third kappa shape index (κ3) is 36.9. The molecule has 0 spiro atoms. The molecule has 0 aliphatic rings. The Morgan fingerprint density at radius 1 is 0.325 bits per heavy atom. The van der Waals surface area contributed by atoms with E-state index in [0.717, 1.165) is 25.7 Å². The minimum atomic E-state index is -3.82. The van der Waals surface area contributed by atoms with E-state index in [-0.39, 0.29) is 42.8 Å². The van der Waals surface area contributed by atoms with Crippen molar-refractivity contribution in [2.45, 2.75) is 206 Å². The van der Waals surface area contributed by atoms with E-state index in [1.807, 2.05) is 0 Å². The van der Waals surface area contributed by atoms with Gasteiger partial charge in [-0.15, -0.1) is 0 Å². The van der Waals surface area contributed by atoms with Crippen molar-refractivity contribution >= 4 is 40.0 Å². The van der Waals surface area contributed by atoms with Gasteiger partial charge in [-0.05, 0) is 12.8 Å². The number of hydrogen-bond donors (Lipinski definition) is 0. The molecule has 0 aromatic carbocycles. The molecule has 0 fully saturated rings. The Labute approximate surface area is 274 Å². The summed E-state index contributed by atoms with van der Waals surface area (Å²) in [5, 5.41) is 0. The Balaban J connectivity index is 0. The van der Waals surface area contributed by atoms with Gasteiger partial charge < -0.3 is 0 Å². The molecule has 0 aromatic heterocycles. The molecular weight excluding hydrogens is 527 g/mol. The molecule has 0 saturated carbocycles. The predicted octanol–water partition coefficient (Wildman–Crippen LogP) is 11.6. The molecule has 0 rings (SSSR count). The molecule has 0 aromatic rings. The molecule has 6 heteroatoms. The zero-order valence-electron chi connectivity index (χ0n) is 27.7. The van der Waals surface area contributed by atoms with E-state index in [9.17, 15) is 8.42 Å². The van der Waals surface area contributed by atoms with Crippen LogP contribution >= 0.6 is 0 Å². The van der Waals surface area contributed by atoms with E-state index in [4.69, 9.17) is 8.37 Å². The molecule has 4 nitrogen and oxygen atoms in total. The van der Waals surface area contributed by atoms with Gasteiger partial charge in [-0.2, -0.15) is 8.42 Å². The van der Waals surface area contributed by atoms with E-state index in [1.54, 1.807) is 0 Å². The van der Waals surface area contributed by atoms with E-state index in [0.29, 0.717) is 0 Å². The summed E-state index contributed by atoms with van der Waals surface area (Å²) < 4.78 is 33.8. The Hall–Kier alpha value is 0.870. The minimum Gasteiger partial charge on any atom is -0.248 e. The third-order valence-corrected chi connectivity index (χ3v) is 8.86. The van der Waals surface area contributed by atoms with Gasteiger partial charge >= 0.3 is 10.4 Å². The molecule has 0 heterocycles. The standard InChI is InChI=1S/C34H70O4S.Na/c1-3-5-7-9-11-13-15-17-19-20-22-24-26-28-30-32-34-38-39(35,36)37-33-31-29-27-25-23-21-18-16-14-12-10-8-6-4-2;/h3-34H2,1-2H3;. The van der Waals surface area contributed by atoms with Crippen LogP contribution in [0, 0.1) is 0 Å². The van der Waals surface area contributed by atoms with Gasteiger partial charge in [0.05, 0.1) is 13.2 Å². The van der Waals surface area contributed by atoms with Crippen molar-refractivity contribution in [3.8, 4) is 0 Å². The van der Waals surface area contributed by atoms with Crippen LogP contribution in [0.2, 0.25) is 0 Å². The van der Waals surface area contributed by atoms with Crippen molar-refractivity contribution in [1.82, 2.24) is 0 Å². The van der Waals surface area contributed by atoms with Crippen molar-refractivity contribution in [3.05, 3.63) is 0 Å². The second-order valence-electron chi connectivity index (χ2n) is 12.0. The average Bonchev–Trinajstić information content (AvgIpc) is 2.92. The Bertz CT molecular complexity index is 556. The summed E-state index contributed by atoms with van der Waals surface area (Å²) >= 11 is 0. The van der Waals surface area contributed by atoms with Crippen LogP contribution in [0.25, 0.3) is 0 Å². The second-order valence-corrected chi connectivity index (χ2v) is 13.2. The van der Waals surface area contributed by atoms with Crippen molar-refractivity contribution in [3.63, 3.8) is 0 Å². The van der Waals surface area contributed by atoms with Crippen LogP contribution in [0.3, 0.4) is 0 Å². The quantitative estimate of drug-likeness (QED) is 0.0547. The summed E-state index contributed by atoms with van der Waals surface area (Å²) in [6.45, 7) is 5.05. The summed E-state index contributed by atoms with van der Waals surface area (Å²) in [6.07, 6.45) is 38.9. The summed E-state index contributed by atoms with van der Waals surface area (Å²) in [4.78, 5) is 0. The van der Waals surface area contributed by atoms with Gasteiger partial charge in [0.25, 0.3) is 0 Å². The molecule has 0 N–H and O–H groups in total. The van der Waals surface area contributed by atoms with Crippen LogP contribution in [0.1, 0.15) is 206 Å². The number of hydrogen-bond acceptors (Lipinski definition) is 4. The zero-order valence-corrected chi connectivity index (χ0v) is 30.5. The predicted molar refractivity (Wildman–Crippen MR) is 176 cm³/mol. The van der Waals surface area contributed by atoms with Gasteiger partial charge in [0, 0.05) is 29.6 Å². The fourth-order valence-corrected chi connectivity index (χ4v) is 6.01. The molecule has 40 heavy (non-hydrogen) atoms. The molecule has 0 amide bonds. The monoisotopic (exact) mass is 597 g/mol. The first kappa shape index (κ1) is 43.0. The normalized spacial score (nSPS) is 11.7. The van der Waals surface area contributed by atoms with Gasteiger partial charge in [-0.25, -0.2) is 8.37 Å².